The zero-order valence-electron chi connectivity index (χ0n) is 5.71. The van der Waals surface area contributed by atoms with Gasteiger partial charge in [-0.15, -0.1) is 0 Å². The zero-order valence-corrected chi connectivity index (χ0v) is 5.71. The Hall–Kier alpha value is -0.690. The Morgan fingerprint density at radius 2 is 1.82 bits per heavy atom. The minimum Gasteiger partial charge on any atom is -0.394 e. The second kappa shape index (κ2) is 4.24. The van der Waals surface area contributed by atoms with Gasteiger partial charge in [-0.25, -0.2) is 0 Å². The molecule has 6 N–H and O–H groups in total. The Morgan fingerprint density at radius 1 is 1.36 bits per heavy atom. The maximum absolute atomic E-state index is 10.2. The zero-order chi connectivity index (χ0) is 9.02. The average Bonchev–Trinajstić information content (AvgIpc) is 2.00. The fourth-order valence-corrected chi connectivity index (χ4v) is 0.487. The molecule has 6 heteroatoms. The Balaban J connectivity index is 4.00. The van der Waals surface area contributed by atoms with Crippen molar-refractivity contribution in [3.8, 4) is 0 Å². The van der Waals surface area contributed by atoms with E-state index in [1.807, 2.05) is 0 Å². The summed E-state index contributed by atoms with van der Waals surface area (Å²) < 4.78 is 0. The van der Waals surface area contributed by atoms with Crippen molar-refractivity contribution in [2.24, 2.45) is 5.73 Å². The summed E-state index contributed by atoms with van der Waals surface area (Å²) in [6.45, 7) is -0.745. The van der Waals surface area contributed by atoms with Gasteiger partial charge in [0.1, 0.15) is 12.2 Å². The first-order valence-electron chi connectivity index (χ1n) is 2.95. The Morgan fingerprint density at radius 3 is 2.09 bits per heavy atom. The lowest BCUT2D eigenvalue weighted by atomic mass is 10.1. The molecule has 0 bridgehead atoms. The molecule has 0 aliphatic rings. The predicted octanol–water partition coefficient (Wildman–Crippen LogP) is -3.45. The molecule has 11 heavy (non-hydrogen) atoms. The standard InChI is InChI=1S/C5H11NO5/c6-5(11)4(10)3(9)2(8)1-7/h2-4,7-10H,1H2,(H2,6,11)/t2-,3+,4+/m0/s1. The third-order valence-corrected chi connectivity index (χ3v) is 1.20. The summed E-state index contributed by atoms with van der Waals surface area (Å²) in [7, 11) is 0. The van der Waals surface area contributed by atoms with Crippen LogP contribution in [-0.2, 0) is 4.79 Å². The third-order valence-electron chi connectivity index (χ3n) is 1.20. The molecule has 0 rings (SSSR count). The average molecular weight is 165 g/mol. The largest absolute Gasteiger partial charge is 0.394 e. The molecule has 0 saturated carbocycles. The molecule has 0 heterocycles. The van der Waals surface area contributed by atoms with Crippen molar-refractivity contribution in [1.29, 1.82) is 0 Å². The SMILES string of the molecule is NC(=O)[C@H](O)[C@H](O)[C@@H](O)CO. The fraction of sp³-hybridized carbons (Fsp3) is 0.800. The van der Waals surface area contributed by atoms with Gasteiger partial charge in [-0.2, -0.15) is 0 Å². The van der Waals surface area contributed by atoms with Gasteiger partial charge in [-0.05, 0) is 0 Å². The number of hydrogen-bond acceptors (Lipinski definition) is 5. The van der Waals surface area contributed by atoms with E-state index in [1.165, 1.54) is 0 Å². The number of carbonyl (C=O) groups is 1. The van der Waals surface area contributed by atoms with E-state index >= 15 is 0 Å². The van der Waals surface area contributed by atoms with Gasteiger partial charge < -0.3 is 26.2 Å². The normalized spacial score (nSPS) is 18.9. The highest BCUT2D eigenvalue weighted by molar-refractivity contribution is 5.79. The Labute approximate surface area is 62.9 Å². The molecule has 0 radical (unpaired) electrons. The lowest BCUT2D eigenvalue weighted by Gasteiger charge is -2.18. The smallest absolute Gasteiger partial charge is 0.249 e. The monoisotopic (exact) mass is 165 g/mol. The van der Waals surface area contributed by atoms with Crippen LogP contribution in [0.2, 0.25) is 0 Å². The first-order valence-corrected chi connectivity index (χ1v) is 2.95. The van der Waals surface area contributed by atoms with Crippen molar-refractivity contribution in [2.75, 3.05) is 6.61 Å². The van der Waals surface area contributed by atoms with E-state index in [0.29, 0.717) is 0 Å². The molecule has 0 fully saturated rings. The molecule has 0 aliphatic heterocycles. The van der Waals surface area contributed by atoms with Crippen LogP contribution in [0.4, 0.5) is 0 Å². The topological polar surface area (TPSA) is 124 Å². The molecule has 3 atom stereocenters. The number of carbonyl (C=O) groups excluding carboxylic acids is 1. The van der Waals surface area contributed by atoms with Gasteiger partial charge in [0, 0.05) is 0 Å². The fourth-order valence-electron chi connectivity index (χ4n) is 0.487. The van der Waals surface area contributed by atoms with E-state index in [9.17, 15) is 4.79 Å². The lowest BCUT2D eigenvalue weighted by Crippen LogP contribution is -2.46. The number of amides is 1. The number of nitrogens with two attached hydrogens (primary N) is 1. The molecular weight excluding hydrogens is 154 g/mol. The Bertz CT molecular complexity index is 139. The molecule has 0 aromatic heterocycles. The second-order valence-corrected chi connectivity index (χ2v) is 2.09. The van der Waals surface area contributed by atoms with Crippen LogP contribution in [0, 0.1) is 0 Å². The van der Waals surface area contributed by atoms with E-state index in [4.69, 9.17) is 20.4 Å². The van der Waals surface area contributed by atoms with Gasteiger partial charge in [0.25, 0.3) is 0 Å². The van der Waals surface area contributed by atoms with Crippen LogP contribution in [0.25, 0.3) is 0 Å². The van der Waals surface area contributed by atoms with Gasteiger partial charge in [-0.3, -0.25) is 4.79 Å². The highest BCUT2D eigenvalue weighted by atomic mass is 16.4. The number of primary amides is 1. The molecular formula is C5H11NO5. The van der Waals surface area contributed by atoms with E-state index in [0.717, 1.165) is 0 Å². The molecule has 0 aliphatic carbocycles. The van der Waals surface area contributed by atoms with E-state index in [1.54, 1.807) is 0 Å². The molecule has 66 valence electrons. The van der Waals surface area contributed by atoms with Crippen molar-refractivity contribution in [3.63, 3.8) is 0 Å². The van der Waals surface area contributed by atoms with Gasteiger partial charge in [0.05, 0.1) is 6.61 Å². The predicted molar refractivity (Wildman–Crippen MR) is 34.3 cm³/mol. The van der Waals surface area contributed by atoms with Crippen molar-refractivity contribution < 1.29 is 25.2 Å². The highest BCUT2D eigenvalue weighted by Gasteiger charge is 2.27. The van der Waals surface area contributed by atoms with Crippen molar-refractivity contribution in [1.82, 2.24) is 0 Å². The minimum absolute atomic E-state index is 0.745. The van der Waals surface area contributed by atoms with E-state index < -0.39 is 30.8 Å². The number of aliphatic hydroxyl groups is 4. The van der Waals surface area contributed by atoms with Crippen molar-refractivity contribution in [3.05, 3.63) is 0 Å². The summed E-state index contributed by atoms with van der Waals surface area (Å²) in [6.07, 6.45) is -5.15. The molecule has 6 nitrogen and oxygen atoms in total. The third kappa shape index (κ3) is 2.81. The van der Waals surface area contributed by atoms with Crippen molar-refractivity contribution >= 4 is 5.91 Å². The maximum Gasteiger partial charge on any atom is 0.249 e. The molecule has 0 aromatic rings. The summed E-state index contributed by atoms with van der Waals surface area (Å²) in [5.41, 5.74) is 4.59. The first-order chi connectivity index (χ1) is 5.00. The minimum atomic E-state index is -1.85. The van der Waals surface area contributed by atoms with Crippen molar-refractivity contribution in [2.45, 2.75) is 18.3 Å². The Kier molecular flexibility index (Phi) is 3.98. The summed E-state index contributed by atoms with van der Waals surface area (Å²) >= 11 is 0. The van der Waals surface area contributed by atoms with Crippen LogP contribution in [0.5, 0.6) is 0 Å². The summed E-state index contributed by atoms with van der Waals surface area (Å²) in [4.78, 5) is 10.2. The van der Waals surface area contributed by atoms with Gasteiger partial charge in [0.15, 0.2) is 6.10 Å². The van der Waals surface area contributed by atoms with Crippen LogP contribution in [-0.4, -0.2) is 51.3 Å². The van der Waals surface area contributed by atoms with Crippen LogP contribution in [0.15, 0.2) is 0 Å². The first kappa shape index (κ1) is 10.3. The van der Waals surface area contributed by atoms with Crippen LogP contribution >= 0.6 is 0 Å². The summed E-state index contributed by atoms with van der Waals surface area (Å²) in [5.74, 6) is -1.15. The summed E-state index contributed by atoms with van der Waals surface area (Å²) in [6, 6.07) is 0. The molecule has 0 saturated heterocycles. The number of hydrogen-bond donors (Lipinski definition) is 5. The maximum atomic E-state index is 10.2. The van der Waals surface area contributed by atoms with Crippen LogP contribution in [0.3, 0.4) is 0 Å². The molecule has 0 unspecified atom stereocenters. The van der Waals surface area contributed by atoms with E-state index in [2.05, 4.69) is 5.73 Å². The molecule has 0 aromatic carbocycles. The van der Waals surface area contributed by atoms with Gasteiger partial charge >= 0.3 is 0 Å². The van der Waals surface area contributed by atoms with Gasteiger partial charge in [0.2, 0.25) is 5.91 Å². The van der Waals surface area contributed by atoms with E-state index in [-0.39, 0.29) is 0 Å². The summed E-state index contributed by atoms with van der Waals surface area (Å²) in [5, 5.41) is 34.4. The number of rotatable bonds is 4. The highest BCUT2D eigenvalue weighted by Crippen LogP contribution is 1.98. The van der Waals surface area contributed by atoms with Crippen LogP contribution < -0.4 is 5.73 Å². The van der Waals surface area contributed by atoms with Gasteiger partial charge in [-0.1, -0.05) is 0 Å². The van der Waals surface area contributed by atoms with Crippen LogP contribution in [0.1, 0.15) is 0 Å². The molecule has 1 amide bonds. The molecule has 0 spiro atoms. The number of aliphatic hydroxyl groups excluding tert-OH is 4. The second-order valence-electron chi connectivity index (χ2n) is 2.09. The lowest BCUT2D eigenvalue weighted by molar-refractivity contribution is -0.139. The quantitative estimate of drug-likeness (QED) is 0.296.